The summed E-state index contributed by atoms with van der Waals surface area (Å²) in [6.07, 6.45) is 3.67. The van der Waals surface area contributed by atoms with Gasteiger partial charge in [0.1, 0.15) is 11.6 Å². The number of esters is 8. The minimum absolute atomic E-state index is 0.0105. The third kappa shape index (κ3) is 15.1. The molecule has 6 rings (SSSR count). The number of ether oxygens (including phenoxy) is 8. The van der Waals surface area contributed by atoms with Crippen molar-refractivity contribution in [3.63, 3.8) is 0 Å². The number of carbonyl (C=O) groups is 8. The van der Waals surface area contributed by atoms with E-state index in [2.05, 4.69) is 46.1 Å². The van der Waals surface area contributed by atoms with Gasteiger partial charge in [-0.15, -0.1) is 0 Å². The zero-order chi connectivity index (χ0) is 60.1. The van der Waals surface area contributed by atoms with Crippen LogP contribution in [0.15, 0.2) is 207 Å². The summed E-state index contributed by atoms with van der Waals surface area (Å²) in [4.78, 5) is 101. The predicted molar refractivity (Wildman–Crippen MR) is 298 cm³/mol. The maximum atomic E-state index is 16.1. The second-order valence-electron chi connectivity index (χ2n) is 17.6. The van der Waals surface area contributed by atoms with Gasteiger partial charge in [-0.2, -0.15) is 0 Å². The fourth-order valence-corrected chi connectivity index (χ4v) is 6.98. The van der Waals surface area contributed by atoms with E-state index in [1.807, 2.05) is 0 Å². The molecule has 0 unspecified atom stereocenters. The number of carbonyl (C=O) groups excluding carboxylic acids is 8. The van der Waals surface area contributed by atoms with Crippen LogP contribution in [0.2, 0.25) is 0 Å². The highest BCUT2D eigenvalue weighted by Crippen LogP contribution is 2.40. The van der Waals surface area contributed by atoms with Crippen LogP contribution in [0.1, 0.15) is 27.7 Å². The van der Waals surface area contributed by atoms with E-state index in [0.717, 1.165) is 30.4 Å². The first-order chi connectivity index (χ1) is 38.9. The van der Waals surface area contributed by atoms with Crippen LogP contribution in [0.25, 0.3) is 44.5 Å². The number of rotatable bonds is 21. The first-order valence-corrected chi connectivity index (χ1v) is 24.0. The molecule has 6 aromatic rings. The second kappa shape index (κ2) is 26.5. The third-order valence-corrected chi connectivity index (χ3v) is 11.2. The second-order valence-corrected chi connectivity index (χ2v) is 17.6. The molecular formula is C64H48F2O16. The molecule has 0 heterocycles. The van der Waals surface area contributed by atoms with E-state index in [1.165, 1.54) is 125 Å². The van der Waals surface area contributed by atoms with Crippen LogP contribution >= 0.6 is 0 Å². The van der Waals surface area contributed by atoms with Crippen molar-refractivity contribution < 1.29 is 85.0 Å². The molecule has 82 heavy (non-hydrogen) atoms. The highest BCUT2D eigenvalue weighted by atomic mass is 19.1. The summed E-state index contributed by atoms with van der Waals surface area (Å²) in [6, 6.07) is 24.3. The molecule has 414 valence electrons. The largest absolute Gasteiger partial charge is 0.419 e. The van der Waals surface area contributed by atoms with Crippen LogP contribution in [0.4, 0.5) is 8.78 Å². The quantitative estimate of drug-likeness (QED) is 0.0284. The zero-order valence-corrected chi connectivity index (χ0v) is 44.4. The Morgan fingerprint density at radius 3 is 0.963 bits per heavy atom. The number of hydrogen-bond donors (Lipinski definition) is 0. The van der Waals surface area contributed by atoms with Gasteiger partial charge in [0.2, 0.25) is 0 Å². The van der Waals surface area contributed by atoms with Gasteiger partial charge in [0, 0.05) is 51.6 Å². The maximum Gasteiger partial charge on any atom is 0.343 e. The molecule has 6 aromatic carbocycles. The van der Waals surface area contributed by atoms with Crippen molar-refractivity contribution in [2.24, 2.45) is 0 Å². The number of hydrogen-bond acceptors (Lipinski definition) is 16. The Hall–Kier alpha value is -11.1. The van der Waals surface area contributed by atoms with E-state index in [0.29, 0.717) is 22.3 Å². The fraction of sp³-hybridized carbons (Fsp3) is 0.0625. The molecule has 0 spiro atoms. The lowest BCUT2D eigenvalue weighted by atomic mass is 9.99. The molecule has 0 saturated heterocycles. The van der Waals surface area contributed by atoms with E-state index in [9.17, 15) is 38.4 Å². The van der Waals surface area contributed by atoms with E-state index >= 15 is 8.78 Å². The Morgan fingerprint density at radius 1 is 0.341 bits per heavy atom. The molecular weight excluding hydrogens is 1060 g/mol. The minimum Gasteiger partial charge on any atom is -0.419 e. The molecule has 0 aliphatic rings. The lowest BCUT2D eigenvalue weighted by Crippen LogP contribution is -2.15. The summed E-state index contributed by atoms with van der Waals surface area (Å²) in [6.45, 7) is 30.0. The average Bonchev–Trinajstić information content (AvgIpc) is 3.61. The van der Waals surface area contributed by atoms with Crippen LogP contribution < -0.4 is 37.9 Å². The molecule has 0 aliphatic heterocycles. The molecule has 0 aromatic heterocycles. The van der Waals surface area contributed by atoms with Crippen LogP contribution in [0.5, 0.6) is 46.0 Å². The van der Waals surface area contributed by atoms with Crippen molar-refractivity contribution in [2.45, 2.75) is 27.7 Å². The summed E-state index contributed by atoms with van der Waals surface area (Å²) in [5.41, 5.74) is 1.08. The summed E-state index contributed by atoms with van der Waals surface area (Å²) < 4.78 is 75.3. The normalized spacial score (nSPS) is 10.6. The Morgan fingerprint density at radius 2 is 0.610 bits per heavy atom. The molecule has 0 bridgehead atoms. The van der Waals surface area contributed by atoms with Crippen molar-refractivity contribution in [3.8, 4) is 90.5 Å². The Balaban J connectivity index is 1.23. The van der Waals surface area contributed by atoms with Crippen LogP contribution in [-0.4, -0.2) is 47.8 Å². The van der Waals surface area contributed by atoms with Crippen LogP contribution in [0.3, 0.4) is 0 Å². The van der Waals surface area contributed by atoms with Crippen molar-refractivity contribution in [2.75, 3.05) is 0 Å². The monoisotopic (exact) mass is 1110 g/mol. The SMILES string of the molecule is C=CC(=O)Oc1ccc(-c2ccc(-c3ccc(OC(=O)C=C)c(OC(=O)C(=C)/C=C(\C)C(=O)Oc4ccc(-c5ccc(-c6ccc(OC(=O)C(=C)C)c(OC(=O)C(=C)C)c6)cc5F)cc4OC(=O)C(=C)C)c3)c(F)c2)cc1OC(=O)C=C. The molecule has 0 amide bonds. The Kier molecular flexibility index (Phi) is 19.4. The Bertz CT molecular complexity index is 3800. The molecule has 0 fully saturated rings. The van der Waals surface area contributed by atoms with Gasteiger partial charge < -0.3 is 37.9 Å². The van der Waals surface area contributed by atoms with Crippen molar-refractivity contribution in [1.29, 1.82) is 0 Å². The van der Waals surface area contributed by atoms with Crippen molar-refractivity contribution in [1.82, 2.24) is 0 Å². The summed E-state index contributed by atoms with van der Waals surface area (Å²) in [5.74, 6) is -10.7. The van der Waals surface area contributed by atoms with E-state index in [4.69, 9.17) is 37.9 Å². The number of benzene rings is 6. The summed E-state index contributed by atoms with van der Waals surface area (Å²) in [5, 5.41) is 0. The van der Waals surface area contributed by atoms with Crippen LogP contribution in [0, 0.1) is 11.6 Å². The minimum atomic E-state index is -1.16. The predicted octanol–water partition coefficient (Wildman–Crippen LogP) is 12.4. The van der Waals surface area contributed by atoms with Crippen molar-refractivity contribution in [3.05, 3.63) is 219 Å². The molecule has 16 nitrogen and oxygen atoms in total. The van der Waals surface area contributed by atoms with Gasteiger partial charge in [0.05, 0.1) is 5.57 Å². The highest BCUT2D eigenvalue weighted by molar-refractivity contribution is 5.98. The maximum absolute atomic E-state index is 16.1. The average molecular weight is 1110 g/mol. The molecule has 0 radical (unpaired) electrons. The molecule has 0 aliphatic carbocycles. The first-order valence-electron chi connectivity index (χ1n) is 24.0. The summed E-state index contributed by atoms with van der Waals surface area (Å²) >= 11 is 0. The van der Waals surface area contributed by atoms with Gasteiger partial charge in [-0.25, -0.2) is 47.1 Å². The standard InChI is InChI=1S/C64H48F2O16/c1-12-57(67)75-49-23-17-41(30-53(49)77-59(69)14-3)39-15-21-45(47(65)28-39)43-19-25-50(76-58(68)13-2)55(32-43)82-64(74)38(11)27-37(10)63(73)79-52-26-20-44(33-56(52)81-62(72)36(8)9)46-22-16-40(29-48(46)66)42-18-24-51(78-60(70)34(4)5)54(31-42)80-61(71)35(6)7/h12-33H,1-4,6,8,11H2,5,7,9-10H3/b37-27+. The third-order valence-electron chi connectivity index (χ3n) is 11.2. The highest BCUT2D eigenvalue weighted by Gasteiger charge is 2.23. The molecule has 0 atom stereocenters. The summed E-state index contributed by atoms with van der Waals surface area (Å²) in [7, 11) is 0. The Labute approximate surface area is 468 Å². The molecule has 18 heteroatoms. The van der Waals surface area contributed by atoms with E-state index in [1.54, 1.807) is 6.07 Å². The smallest absolute Gasteiger partial charge is 0.343 e. The first kappa shape index (κ1) is 60.1. The van der Waals surface area contributed by atoms with E-state index in [-0.39, 0.29) is 90.5 Å². The fourth-order valence-electron chi connectivity index (χ4n) is 6.98. The van der Waals surface area contributed by atoms with Crippen molar-refractivity contribution >= 4 is 47.8 Å². The zero-order valence-electron chi connectivity index (χ0n) is 44.4. The van der Waals surface area contributed by atoms with Gasteiger partial charge in [-0.3, -0.25) is 0 Å². The molecule has 0 N–H and O–H groups in total. The van der Waals surface area contributed by atoms with Gasteiger partial charge in [0.25, 0.3) is 0 Å². The lowest BCUT2D eigenvalue weighted by molar-refractivity contribution is -0.132. The van der Waals surface area contributed by atoms with Crippen LogP contribution in [-0.2, 0) is 38.4 Å². The topological polar surface area (TPSA) is 210 Å². The van der Waals surface area contributed by atoms with Gasteiger partial charge >= 0.3 is 47.8 Å². The number of halogens is 2. The van der Waals surface area contributed by atoms with E-state index < -0.39 is 65.0 Å². The van der Waals surface area contributed by atoms with Gasteiger partial charge in [0.15, 0.2) is 46.0 Å². The van der Waals surface area contributed by atoms with Gasteiger partial charge in [-0.1, -0.05) is 94.6 Å². The molecule has 0 saturated carbocycles. The lowest BCUT2D eigenvalue weighted by Gasteiger charge is -2.15. The van der Waals surface area contributed by atoms with Gasteiger partial charge in [-0.05, 0) is 128 Å².